The largest absolute Gasteiger partial charge is 0.301 e. The molecule has 94 valence electrons. The van der Waals surface area contributed by atoms with E-state index in [0.717, 1.165) is 29.5 Å². The third kappa shape index (κ3) is 2.87. The molecule has 0 atom stereocenters. The average molecular weight is 253 g/mol. The molecule has 1 aliphatic carbocycles. The summed E-state index contributed by atoms with van der Waals surface area (Å²) < 4.78 is 24.5. The van der Waals surface area contributed by atoms with Crippen LogP contribution >= 0.6 is 0 Å². The smallest absolute Gasteiger partial charge is 0.191 e. The molecule has 0 radical (unpaired) electrons. The van der Waals surface area contributed by atoms with Crippen molar-refractivity contribution in [2.75, 3.05) is 5.88 Å². The van der Waals surface area contributed by atoms with Crippen LogP contribution in [0, 0.1) is 20.8 Å². The molecule has 1 saturated carbocycles. The first kappa shape index (κ1) is 12.6. The van der Waals surface area contributed by atoms with Crippen LogP contribution < -0.4 is 5.32 Å². The molecule has 0 aliphatic heterocycles. The van der Waals surface area contributed by atoms with Crippen molar-refractivity contribution in [3.8, 4) is 0 Å². The molecule has 0 amide bonds. The van der Waals surface area contributed by atoms with Gasteiger partial charge in [-0.1, -0.05) is 17.7 Å². The van der Waals surface area contributed by atoms with E-state index in [1.807, 2.05) is 32.9 Å². The number of hydrogen-bond acceptors (Lipinski definition) is 3. The Labute approximate surface area is 103 Å². The van der Waals surface area contributed by atoms with E-state index in [0.29, 0.717) is 10.9 Å². The van der Waals surface area contributed by atoms with Gasteiger partial charge in [0.05, 0.1) is 4.90 Å². The molecule has 1 aliphatic rings. The molecule has 0 bridgehead atoms. The minimum absolute atomic E-state index is 0.0579. The molecule has 0 heterocycles. The maximum absolute atomic E-state index is 12.3. The van der Waals surface area contributed by atoms with E-state index in [1.54, 1.807) is 0 Å². The van der Waals surface area contributed by atoms with Crippen LogP contribution in [0.4, 0.5) is 0 Å². The number of hydrogen-bond donors (Lipinski definition) is 1. The average Bonchev–Trinajstić information content (AvgIpc) is 2.95. The molecule has 2 rings (SSSR count). The van der Waals surface area contributed by atoms with E-state index >= 15 is 0 Å². The van der Waals surface area contributed by atoms with Crippen LogP contribution in [-0.4, -0.2) is 20.3 Å². The highest BCUT2D eigenvalue weighted by molar-refractivity contribution is 7.91. The van der Waals surface area contributed by atoms with Crippen molar-refractivity contribution in [1.29, 1.82) is 0 Å². The zero-order valence-electron chi connectivity index (χ0n) is 10.6. The van der Waals surface area contributed by atoms with Crippen LogP contribution in [0.2, 0.25) is 0 Å². The highest BCUT2D eigenvalue weighted by Gasteiger charge is 2.25. The summed E-state index contributed by atoms with van der Waals surface area (Å²) in [7, 11) is -3.20. The number of aryl methyl sites for hydroxylation is 3. The van der Waals surface area contributed by atoms with Gasteiger partial charge in [-0.2, -0.15) is 0 Å². The standard InChI is InChI=1S/C13H19NO2S/c1-9-6-10(2)13(11(3)7-9)17(15,16)8-14-12-4-5-12/h6-7,12,14H,4-5,8H2,1-3H3. The van der Waals surface area contributed by atoms with Crippen molar-refractivity contribution in [2.24, 2.45) is 0 Å². The lowest BCUT2D eigenvalue weighted by Crippen LogP contribution is -2.26. The maximum Gasteiger partial charge on any atom is 0.191 e. The summed E-state index contributed by atoms with van der Waals surface area (Å²) in [6.45, 7) is 5.72. The lowest BCUT2D eigenvalue weighted by Gasteiger charge is -2.12. The molecule has 3 nitrogen and oxygen atoms in total. The van der Waals surface area contributed by atoms with Gasteiger partial charge in [0.25, 0.3) is 0 Å². The summed E-state index contributed by atoms with van der Waals surface area (Å²) in [6.07, 6.45) is 2.20. The van der Waals surface area contributed by atoms with E-state index in [1.165, 1.54) is 0 Å². The van der Waals surface area contributed by atoms with E-state index in [-0.39, 0.29) is 5.88 Å². The second kappa shape index (κ2) is 4.42. The van der Waals surface area contributed by atoms with Gasteiger partial charge in [-0.3, -0.25) is 0 Å². The fraction of sp³-hybridized carbons (Fsp3) is 0.538. The van der Waals surface area contributed by atoms with Crippen molar-refractivity contribution < 1.29 is 8.42 Å². The fourth-order valence-corrected chi connectivity index (χ4v) is 3.94. The summed E-state index contributed by atoms with van der Waals surface area (Å²) in [5.74, 6) is 0.0579. The zero-order chi connectivity index (χ0) is 12.6. The Hall–Kier alpha value is -0.870. The quantitative estimate of drug-likeness (QED) is 0.893. The summed E-state index contributed by atoms with van der Waals surface area (Å²) in [4.78, 5) is 0.497. The van der Waals surface area contributed by atoms with Crippen LogP contribution in [0.25, 0.3) is 0 Å². The molecular weight excluding hydrogens is 234 g/mol. The van der Waals surface area contributed by atoms with Crippen LogP contribution in [0.15, 0.2) is 17.0 Å². The molecule has 1 aromatic rings. The number of sulfone groups is 1. The first-order valence-electron chi connectivity index (χ1n) is 5.94. The summed E-state index contributed by atoms with van der Waals surface area (Å²) in [6, 6.07) is 4.27. The minimum atomic E-state index is -3.20. The van der Waals surface area contributed by atoms with Crippen molar-refractivity contribution in [2.45, 2.75) is 44.6 Å². The van der Waals surface area contributed by atoms with Gasteiger partial charge >= 0.3 is 0 Å². The van der Waals surface area contributed by atoms with Crippen molar-refractivity contribution in [3.63, 3.8) is 0 Å². The van der Waals surface area contributed by atoms with Crippen molar-refractivity contribution in [1.82, 2.24) is 5.32 Å². The van der Waals surface area contributed by atoms with Crippen molar-refractivity contribution in [3.05, 3.63) is 28.8 Å². The van der Waals surface area contributed by atoms with Gasteiger partial charge in [0.1, 0.15) is 5.88 Å². The normalized spacial score (nSPS) is 16.2. The van der Waals surface area contributed by atoms with Crippen LogP contribution in [0.3, 0.4) is 0 Å². The Balaban J connectivity index is 2.31. The van der Waals surface area contributed by atoms with Gasteiger partial charge in [0.15, 0.2) is 9.84 Å². The Morgan fingerprint density at radius 2 is 1.71 bits per heavy atom. The topological polar surface area (TPSA) is 46.2 Å². The van der Waals surface area contributed by atoms with Crippen LogP contribution in [0.1, 0.15) is 29.5 Å². The third-order valence-electron chi connectivity index (χ3n) is 3.06. The highest BCUT2D eigenvalue weighted by Crippen LogP contribution is 2.24. The van der Waals surface area contributed by atoms with Gasteiger partial charge in [-0.15, -0.1) is 0 Å². The van der Waals surface area contributed by atoms with E-state index in [9.17, 15) is 8.42 Å². The van der Waals surface area contributed by atoms with Gasteiger partial charge in [0.2, 0.25) is 0 Å². The Morgan fingerprint density at radius 1 is 1.18 bits per heavy atom. The van der Waals surface area contributed by atoms with E-state index in [2.05, 4.69) is 5.32 Å². The van der Waals surface area contributed by atoms with Gasteiger partial charge in [-0.05, 0) is 44.7 Å². The lowest BCUT2D eigenvalue weighted by atomic mass is 10.1. The lowest BCUT2D eigenvalue weighted by molar-refractivity contribution is 0.585. The Morgan fingerprint density at radius 3 is 2.18 bits per heavy atom. The molecule has 1 aromatic carbocycles. The fourth-order valence-electron chi connectivity index (χ4n) is 2.24. The second-order valence-electron chi connectivity index (χ2n) is 4.97. The van der Waals surface area contributed by atoms with Gasteiger partial charge in [0, 0.05) is 6.04 Å². The number of nitrogens with one attached hydrogen (secondary N) is 1. The molecule has 0 spiro atoms. The van der Waals surface area contributed by atoms with E-state index < -0.39 is 9.84 Å². The highest BCUT2D eigenvalue weighted by atomic mass is 32.2. The minimum Gasteiger partial charge on any atom is -0.301 e. The SMILES string of the molecule is Cc1cc(C)c(S(=O)(=O)CNC2CC2)c(C)c1. The predicted octanol–water partition coefficient (Wildman–Crippen LogP) is 2.10. The molecule has 17 heavy (non-hydrogen) atoms. The molecule has 4 heteroatoms. The van der Waals surface area contributed by atoms with Crippen LogP contribution in [0.5, 0.6) is 0 Å². The third-order valence-corrected chi connectivity index (χ3v) is 4.87. The molecule has 0 aromatic heterocycles. The monoisotopic (exact) mass is 253 g/mol. The first-order valence-corrected chi connectivity index (χ1v) is 7.59. The maximum atomic E-state index is 12.3. The molecule has 0 saturated heterocycles. The number of rotatable bonds is 4. The zero-order valence-corrected chi connectivity index (χ0v) is 11.4. The molecule has 1 fully saturated rings. The Kier molecular flexibility index (Phi) is 3.27. The number of benzene rings is 1. The van der Waals surface area contributed by atoms with E-state index in [4.69, 9.17) is 0 Å². The van der Waals surface area contributed by atoms with Gasteiger partial charge < -0.3 is 5.32 Å². The van der Waals surface area contributed by atoms with Crippen LogP contribution in [-0.2, 0) is 9.84 Å². The summed E-state index contributed by atoms with van der Waals surface area (Å²) in [5, 5.41) is 3.08. The summed E-state index contributed by atoms with van der Waals surface area (Å²) in [5.41, 5.74) is 2.80. The second-order valence-corrected chi connectivity index (χ2v) is 6.89. The van der Waals surface area contributed by atoms with Crippen molar-refractivity contribution >= 4 is 9.84 Å². The molecule has 0 unspecified atom stereocenters. The molecule has 1 N–H and O–H groups in total. The van der Waals surface area contributed by atoms with Gasteiger partial charge in [-0.25, -0.2) is 8.42 Å². The predicted molar refractivity (Wildman–Crippen MR) is 68.9 cm³/mol. The molecular formula is C13H19NO2S. The summed E-state index contributed by atoms with van der Waals surface area (Å²) >= 11 is 0. The Bertz CT molecular complexity index is 507. The first-order chi connectivity index (χ1) is 7.90.